The highest BCUT2D eigenvalue weighted by atomic mass is 32.2. The summed E-state index contributed by atoms with van der Waals surface area (Å²) in [4.78, 5) is 9.93. The Kier molecular flexibility index (Phi) is 3.84. The van der Waals surface area contributed by atoms with E-state index in [4.69, 9.17) is 0 Å². The van der Waals surface area contributed by atoms with E-state index in [1.54, 1.807) is 0 Å². The molecule has 6 heteroatoms. The smallest absolute Gasteiger partial charge is 0.328 e. The molecule has 0 radical (unpaired) electrons. The molecule has 1 atom stereocenters. The third-order valence-electron chi connectivity index (χ3n) is 0.290. The van der Waals surface area contributed by atoms with Crippen LogP contribution in [0.4, 0.5) is 0 Å². The van der Waals surface area contributed by atoms with Gasteiger partial charge in [-0.25, -0.2) is 4.21 Å². The molecule has 0 heterocycles. The van der Waals surface area contributed by atoms with Crippen molar-refractivity contribution >= 4 is 30.0 Å². The van der Waals surface area contributed by atoms with Crippen molar-refractivity contribution in [1.29, 1.82) is 0 Å². The molecule has 0 fully saturated rings. The number of thiol groups is 1. The minimum atomic E-state index is -2.74. The zero-order valence-electron chi connectivity index (χ0n) is 3.70. The van der Waals surface area contributed by atoms with Gasteiger partial charge in [-0.1, -0.05) is 0 Å². The van der Waals surface area contributed by atoms with Crippen molar-refractivity contribution < 1.29 is 17.7 Å². The lowest BCUT2D eigenvalue weighted by Crippen LogP contribution is -2.07. The highest BCUT2D eigenvalue weighted by molar-refractivity contribution is 7.81. The van der Waals surface area contributed by atoms with E-state index in [0.29, 0.717) is 0 Å². The summed E-state index contributed by atoms with van der Waals surface area (Å²) in [5.41, 5.74) is 0. The Hall–Kier alpha value is -0.0700. The first-order valence-corrected chi connectivity index (χ1v) is 3.21. The molecule has 0 N–H and O–H groups in total. The average molecular weight is 155 g/mol. The predicted octanol–water partition coefficient (Wildman–Crippen LogP) is -0.746. The SMILES string of the molecule is O=C(CS)OS(=O)[O-]. The third kappa shape index (κ3) is 4.10. The van der Waals surface area contributed by atoms with E-state index in [1.165, 1.54) is 0 Å². The standard InChI is InChI=1S/C2H4O4S2/c3-2(1-7)6-8(4)5/h7H,1H2,(H,4,5)/p-1. The average Bonchev–Trinajstić information content (AvgIpc) is 1.65. The molecule has 0 aliphatic carbocycles. The second kappa shape index (κ2) is 3.88. The van der Waals surface area contributed by atoms with E-state index in [-0.39, 0.29) is 5.75 Å². The van der Waals surface area contributed by atoms with Crippen molar-refractivity contribution in [3.8, 4) is 0 Å². The van der Waals surface area contributed by atoms with Gasteiger partial charge < -0.3 is 8.74 Å². The maximum absolute atomic E-state index is 9.93. The lowest BCUT2D eigenvalue weighted by molar-refractivity contribution is -0.130. The van der Waals surface area contributed by atoms with Gasteiger partial charge >= 0.3 is 5.97 Å². The molecule has 1 unspecified atom stereocenters. The summed E-state index contributed by atoms with van der Waals surface area (Å²) in [6.45, 7) is 0. The van der Waals surface area contributed by atoms with Crippen LogP contribution in [0.3, 0.4) is 0 Å². The minimum absolute atomic E-state index is 0.228. The summed E-state index contributed by atoms with van der Waals surface area (Å²) in [5.74, 6) is -1.10. The maximum atomic E-state index is 9.93. The topological polar surface area (TPSA) is 66.4 Å². The highest BCUT2D eigenvalue weighted by Crippen LogP contribution is 1.83. The van der Waals surface area contributed by atoms with Crippen LogP contribution in [0, 0.1) is 0 Å². The highest BCUT2D eigenvalue weighted by Gasteiger charge is 1.95. The Morgan fingerprint density at radius 2 is 2.38 bits per heavy atom. The molecule has 0 aliphatic heterocycles. The number of hydrogen-bond acceptors (Lipinski definition) is 5. The van der Waals surface area contributed by atoms with Crippen molar-refractivity contribution in [3.63, 3.8) is 0 Å². The fourth-order valence-corrected chi connectivity index (χ4v) is 0.465. The fraction of sp³-hybridized carbons (Fsp3) is 0.500. The minimum Gasteiger partial charge on any atom is -0.740 e. The van der Waals surface area contributed by atoms with Gasteiger partial charge in [-0.15, -0.1) is 0 Å². The quantitative estimate of drug-likeness (QED) is 0.421. The molecule has 0 aliphatic rings. The van der Waals surface area contributed by atoms with Crippen molar-refractivity contribution in [1.82, 2.24) is 0 Å². The van der Waals surface area contributed by atoms with E-state index in [0.717, 1.165) is 0 Å². The lowest BCUT2D eigenvalue weighted by Gasteiger charge is -2.01. The van der Waals surface area contributed by atoms with Crippen molar-refractivity contribution in [2.24, 2.45) is 0 Å². The van der Waals surface area contributed by atoms with Gasteiger partial charge in [-0.05, 0) is 0 Å². The van der Waals surface area contributed by atoms with Gasteiger partial charge in [0.15, 0.2) is 0 Å². The third-order valence-corrected chi connectivity index (χ3v) is 0.870. The number of carbonyl (C=O) groups excluding carboxylic acids is 1. The van der Waals surface area contributed by atoms with Crippen LogP contribution in [0.5, 0.6) is 0 Å². The van der Waals surface area contributed by atoms with Crippen LogP contribution in [-0.2, 0) is 20.3 Å². The van der Waals surface area contributed by atoms with Crippen LogP contribution in [0.1, 0.15) is 0 Å². The normalized spacial score (nSPS) is 12.8. The van der Waals surface area contributed by atoms with Gasteiger partial charge in [0, 0.05) is 0 Å². The molecule has 0 aromatic carbocycles. The summed E-state index contributed by atoms with van der Waals surface area (Å²) in [5, 5.41) is 0. The largest absolute Gasteiger partial charge is 0.740 e. The van der Waals surface area contributed by atoms with Gasteiger partial charge in [-0.3, -0.25) is 4.79 Å². The van der Waals surface area contributed by atoms with Gasteiger partial charge in [0.2, 0.25) is 0 Å². The zero-order chi connectivity index (χ0) is 6.57. The van der Waals surface area contributed by atoms with E-state index in [9.17, 15) is 13.6 Å². The molecule has 0 bridgehead atoms. The Bertz CT molecular complexity index is 111. The van der Waals surface area contributed by atoms with E-state index < -0.39 is 17.3 Å². The number of carbonyl (C=O) groups is 1. The van der Waals surface area contributed by atoms with Crippen LogP contribution in [0.2, 0.25) is 0 Å². The van der Waals surface area contributed by atoms with E-state index in [1.807, 2.05) is 0 Å². The first-order chi connectivity index (χ1) is 3.66. The van der Waals surface area contributed by atoms with Crippen LogP contribution in [0.25, 0.3) is 0 Å². The number of rotatable bonds is 2. The molecular formula is C2H3O4S2-. The fourth-order valence-electron chi connectivity index (χ4n) is 0.102. The second-order valence-corrected chi connectivity index (χ2v) is 1.71. The predicted molar refractivity (Wildman–Crippen MR) is 28.9 cm³/mol. The molecule has 0 amide bonds. The monoisotopic (exact) mass is 155 g/mol. The van der Waals surface area contributed by atoms with Crippen LogP contribution >= 0.6 is 12.6 Å². The Labute approximate surface area is 54.1 Å². The zero-order valence-corrected chi connectivity index (χ0v) is 5.41. The molecule has 0 aromatic heterocycles. The number of hydrogen-bond donors (Lipinski definition) is 1. The molecule has 48 valence electrons. The first kappa shape index (κ1) is 7.93. The van der Waals surface area contributed by atoms with Gasteiger partial charge in [0.05, 0.1) is 5.75 Å². The molecular weight excluding hydrogens is 152 g/mol. The molecule has 0 saturated carbocycles. The van der Waals surface area contributed by atoms with Crippen molar-refractivity contribution in [3.05, 3.63) is 0 Å². The molecule has 0 spiro atoms. The summed E-state index contributed by atoms with van der Waals surface area (Å²) in [7, 11) is 0. The van der Waals surface area contributed by atoms with Crippen LogP contribution in [-0.4, -0.2) is 20.5 Å². The summed E-state index contributed by atoms with van der Waals surface area (Å²) < 4.78 is 22.6. The van der Waals surface area contributed by atoms with Crippen molar-refractivity contribution in [2.45, 2.75) is 0 Å². The molecule has 4 nitrogen and oxygen atoms in total. The Morgan fingerprint density at radius 3 is 2.50 bits per heavy atom. The molecule has 0 rings (SSSR count). The summed E-state index contributed by atoms with van der Waals surface area (Å²) in [6, 6.07) is 0. The lowest BCUT2D eigenvalue weighted by atomic mass is 10.8. The van der Waals surface area contributed by atoms with Crippen molar-refractivity contribution in [2.75, 3.05) is 5.75 Å². The molecule has 0 aromatic rings. The molecule has 0 saturated heterocycles. The van der Waals surface area contributed by atoms with E-state index >= 15 is 0 Å². The molecule has 8 heavy (non-hydrogen) atoms. The Morgan fingerprint density at radius 1 is 1.88 bits per heavy atom. The van der Waals surface area contributed by atoms with Crippen LogP contribution < -0.4 is 0 Å². The first-order valence-electron chi connectivity index (χ1n) is 1.58. The van der Waals surface area contributed by atoms with Crippen LogP contribution in [0.15, 0.2) is 0 Å². The summed E-state index contributed by atoms with van der Waals surface area (Å²) >= 11 is 0.698. The summed E-state index contributed by atoms with van der Waals surface area (Å²) in [6.07, 6.45) is 0. The maximum Gasteiger partial charge on any atom is 0.328 e. The van der Waals surface area contributed by atoms with Gasteiger partial charge in [0.1, 0.15) is 11.4 Å². The van der Waals surface area contributed by atoms with E-state index in [2.05, 4.69) is 16.8 Å². The Balaban J connectivity index is 3.40. The van der Waals surface area contributed by atoms with Gasteiger partial charge in [0.25, 0.3) is 0 Å². The second-order valence-electron chi connectivity index (χ2n) is 0.818. The van der Waals surface area contributed by atoms with Gasteiger partial charge in [-0.2, -0.15) is 12.6 Å².